The van der Waals surface area contributed by atoms with Crippen LogP contribution in [0.3, 0.4) is 0 Å². The van der Waals surface area contributed by atoms with E-state index < -0.39 is 11.0 Å². The Balaban J connectivity index is 2.60. The number of carbonyl (C=O) groups is 1. The number of esters is 1. The molecular weight excluding hydrogens is 278 g/mol. The largest absolute Gasteiger partial charge is 0.465 e. The molecule has 1 N–H and O–H groups in total. The SMILES string of the molecule is CC(C)(COC(=O)C(C)(C)C)CC(C)(O)C[n+]1ccccc1. The molecular formula is C18H30NO3+. The Labute approximate surface area is 134 Å². The van der Waals surface area contributed by atoms with Gasteiger partial charge in [0.1, 0.15) is 5.60 Å². The third kappa shape index (κ3) is 6.56. The summed E-state index contributed by atoms with van der Waals surface area (Å²) in [6, 6.07) is 5.82. The number of aliphatic hydroxyl groups is 1. The zero-order valence-corrected chi connectivity index (χ0v) is 14.7. The van der Waals surface area contributed by atoms with E-state index in [9.17, 15) is 9.90 Å². The lowest BCUT2D eigenvalue weighted by atomic mass is 9.81. The molecule has 0 aliphatic rings. The van der Waals surface area contributed by atoms with Gasteiger partial charge in [-0.15, -0.1) is 0 Å². The Morgan fingerprint density at radius 1 is 1.05 bits per heavy atom. The summed E-state index contributed by atoms with van der Waals surface area (Å²) in [5, 5.41) is 10.7. The van der Waals surface area contributed by atoms with Gasteiger partial charge in [0.15, 0.2) is 18.9 Å². The second-order valence-electron chi connectivity index (χ2n) is 8.21. The monoisotopic (exact) mass is 308 g/mol. The second-order valence-corrected chi connectivity index (χ2v) is 8.21. The Morgan fingerprint density at radius 3 is 2.09 bits per heavy atom. The van der Waals surface area contributed by atoms with Gasteiger partial charge in [-0.25, -0.2) is 4.57 Å². The van der Waals surface area contributed by atoms with Crippen LogP contribution in [0.5, 0.6) is 0 Å². The molecule has 4 nitrogen and oxygen atoms in total. The van der Waals surface area contributed by atoms with Crippen LogP contribution in [0.4, 0.5) is 0 Å². The molecule has 0 aliphatic heterocycles. The maximum absolute atomic E-state index is 11.9. The molecule has 1 aromatic heterocycles. The van der Waals surface area contributed by atoms with E-state index in [-0.39, 0.29) is 11.4 Å². The van der Waals surface area contributed by atoms with Gasteiger partial charge in [0.25, 0.3) is 0 Å². The van der Waals surface area contributed by atoms with Crippen LogP contribution in [-0.4, -0.2) is 23.3 Å². The maximum atomic E-state index is 11.9. The second kappa shape index (κ2) is 6.78. The van der Waals surface area contributed by atoms with Gasteiger partial charge in [-0.2, -0.15) is 0 Å². The van der Waals surface area contributed by atoms with Crippen molar-refractivity contribution in [1.29, 1.82) is 0 Å². The van der Waals surface area contributed by atoms with E-state index in [4.69, 9.17) is 4.74 Å². The van der Waals surface area contributed by atoms with Crippen LogP contribution in [0.25, 0.3) is 0 Å². The molecule has 1 atom stereocenters. The lowest BCUT2D eigenvalue weighted by Crippen LogP contribution is -2.48. The van der Waals surface area contributed by atoms with E-state index in [1.807, 2.05) is 76.7 Å². The average Bonchev–Trinajstić information content (AvgIpc) is 2.34. The number of ether oxygens (including phenoxy) is 1. The average molecular weight is 308 g/mol. The first-order valence-electron chi connectivity index (χ1n) is 7.75. The van der Waals surface area contributed by atoms with Gasteiger partial charge in [0.05, 0.1) is 12.0 Å². The van der Waals surface area contributed by atoms with Crippen molar-refractivity contribution in [2.45, 2.75) is 60.1 Å². The standard InChI is InChI=1S/C18H30NO3/c1-16(2,3)15(20)22-14-17(4,5)12-18(6,21)13-19-10-8-7-9-11-19/h7-11,21H,12-14H2,1-6H3/q+1. The predicted octanol–water partition coefficient (Wildman–Crippen LogP) is 2.73. The summed E-state index contributed by atoms with van der Waals surface area (Å²) in [5.74, 6) is -0.211. The first-order chi connectivity index (χ1) is 9.91. The summed E-state index contributed by atoms with van der Waals surface area (Å²) in [7, 11) is 0. The van der Waals surface area contributed by atoms with Gasteiger partial charge in [-0.05, 0) is 34.1 Å². The van der Waals surface area contributed by atoms with Crippen LogP contribution in [0.15, 0.2) is 30.6 Å². The molecule has 22 heavy (non-hydrogen) atoms. The summed E-state index contributed by atoms with van der Waals surface area (Å²) in [5.41, 5.74) is -1.66. The number of carbonyl (C=O) groups excluding carboxylic acids is 1. The van der Waals surface area contributed by atoms with Crippen molar-refractivity contribution >= 4 is 5.97 Å². The fraction of sp³-hybridized carbons (Fsp3) is 0.667. The third-order valence-corrected chi connectivity index (χ3v) is 3.37. The first-order valence-corrected chi connectivity index (χ1v) is 7.75. The lowest BCUT2D eigenvalue weighted by molar-refractivity contribution is -0.710. The summed E-state index contributed by atoms with van der Waals surface area (Å²) in [4.78, 5) is 11.9. The van der Waals surface area contributed by atoms with Crippen molar-refractivity contribution in [2.75, 3.05) is 6.61 Å². The minimum absolute atomic E-state index is 0.211. The van der Waals surface area contributed by atoms with Crippen LogP contribution in [0, 0.1) is 10.8 Å². The normalized spacial score (nSPS) is 15.2. The van der Waals surface area contributed by atoms with Crippen molar-refractivity contribution in [1.82, 2.24) is 0 Å². The van der Waals surface area contributed by atoms with Gasteiger partial charge in [-0.1, -0.05) is 19.9 Å². The van der Waals surface area contributed by atoms with E-state index in [2.05, 4.69) is 0 Å². The summed E-state index contributed by atoms with van der Waals surface area (Å²) in [6.07, 6.45) is 4.40. The van der Waals surface area contributed by atoms with Crippen LogP contribution < -0.4 is 4.57 Å². The van der Waals surface area contributed by atoms with Gasteiger partial charge in [-0.3, -0.25) is 4.79 Å². The van der Waals surface area contributed by atoms with E-state index in [1.165, 1.54) is 0 Å². The van der Waals surface area contributed by atoms with Crippen molar-refractivity contribution < 1.29 is 19.2 Å². The molecule has 124 valence electrons. The van der Waals surface area contributed by atoms with E-state index in [0.717, 1.165) is 0 Å². The lowest BCUT2D eigenvalue weighted by Gasteiger charge is -2.32. The summed E-state index contributed by atoms with van der Waals surface area (Å²) < 4.78 is 7.37. The smallest absolute Gasteiger partial charge is 0.311 e. The molecule has 0 aromatic carbocycles. The van der Waals surface area contributed by atoms with Crippen molar-refractivity contribution in [3.8, 4) is 0 Å². The Bertz CT molecular complexity index is 487. The highest BCUT2D eigenvalue weighted by molar-refractivity contribution is 5.75. The Hall–Kier alpha value is -1.42. The maximum Gasteiger partial charge on any atom is 0.311 e. The van der Waals surface area contributed by atoms with Gasteiger partial charge in [0.2, 0.25) is 0 Å². The number of pyridine rings is 1. The first kappa shape index (κ1) is 18.6. The topological polar surface area (TPSA) is 50.4 Å². The molecule has 1 heterocycles. The van der Waals surface area contributed by atoms with Gasteiger partial charge >= 0.3 is 5.97 Å². The highest BCUT2D eigenvalue weighted by Crippen LogP contribution is 2.29. The molecule has 1 rings (SSSR count). The third-order valence-electron chi connectivity index (χ3n) is 3.37. The van der Waals surface area contributed by atoms with Crippen LogP contribution in [0.1, 0.15) is 48.0 Å². The molecule has 0 fully saturated rings. The van der Waals surface area contributed by atoms with Crippen molar-refractivity contribution in [2.24, 2.45) is 10.8 Å². The Kier molecular flexibility index (Phi) is 5.74. The zero-order chi connectivity index (χ0) is 17.0. The predicted molar refractivity (Wildman–Crippen MR) is 86.1 cm³/mol. The molecule has 0 radical (unpaired) electrons. The fourth-order valence-corrected chi connectivity index (χ4v) is 2.55. The van der Waals surface area contributed by atoms with Crippen LogP contribution in [-0.2, 0) is 16.1 Å². The minimum atomic E-state index is -0.871. The van der Waals surface area contributed by atoms with Gasteiger partial charge in [0, 0.05) is 17.5 Å². The summed E-state index contributed by atoms with van der Waals surface area (Å²) >= 11 is 0. The zero-order valence-electron chi connectivity index (χ0n) is 14.7. The van der Waals surface area contributed by atoms with Crippen molar-refractivity contribution in [3.05, 3.63) is 30.6 Å². The number of aromatic nitrogens is 1. The molecule has 0 saturated carbocycles. The van der Waals surface area contributed by atoms with Crippen molar-refractivity contribution in [3.63, 3.8) is 0 Å². The van der Waals surface area contributed by atoms with E-state index >= 15 is 0 Å². The molecule has 4 heteroatoms. The molecule has 1 unspecified atom stereocenters. The molecule has 1 aromatic rings. The Morgan fingerprint density at radius 2 is 1.59 bits per heavy atom. The number of hydrogen-bond donors (Lipinski definition) is 1. The number of hydrogen-bond acceptors (Lipinski definition) is 3. The number of rotatable bonds is 6. The van der Waals surface area contributed by atoms with E-state index in [0.29, 0.717) is 19.6 Å². The van der Waals surface area contributed by atoms with Crippen LogP contribution >= 0.6 is 0 Å². The molecule has 0 spiro atoms. The van der Waals surface area contributed by atoms with Gasteiger partial charge < -0.3 is 9.84 Å². The summed E-state index contributed by atoms with van der Waals surface area (Å²) in [6.45, 7) is 12.2. The van der Waals surface area contributed by atoms with E-state index in [1.54, 1.807) is 0 Å². The number of nitrogens with zero attached hydrogens (tertiary/aromatic N) is 1. The minimum Gasteiger partial charge on any atom is -0.465 e. The molecule has 0 bridgehead atoms. The highest BCUT2D eigenvalue weighted by atomic mass is 16.5. The fourth-order valence-electron chi connectivity index (χ4n) is 2.55. The quantitative estimate of drug-likeness (QED) is 0.649. The van der Waals surface area contributed by atoms with Crippen LogP contribution in [0.2, 0.25) is 0 Å². The molecule has 0 saturated heterocycles. The highest BCUT2D eigenvalue weighted by Gasteiger charge is 2.35. The molecule has 0 aliphatic carbocycles. The molecule has 0 amide bonds.